The van der Waals surface area contributed by atoms with Crippen molar-refractivity contribution in [2.45, 2.75) is 13.0 Å². The fourth-order valence-corrected chi connectivity index (χ4v) is 1.91. The van der Waals surface area contributed by atoms with Crippen LogP contribution in [-0.2, 0) is 0 Å². The number of aryl methyl sites for hydroxylation is 1. The molecule has 0 amide bonds. The highest BCUT2D eigenvalue weighted by Gasteiger charge is 2.10. The fourth-order valence-electron chi connectivity index (χ4n) is 1.61. The van der Waals surface area contributed by atoms with Gasteiger partial charge >= 0.3 is 0 Å². The van der Waals surface area contributed by atoms with Crippen molar-refractivity contribution in [1.29, 1.82) is 0 Å². The lowest BCUT2D eigenvalue weighted by Crippen LogP contribution is -2.12. The van der Waals surface area contributed by atoms with E-state index >= 15 is 0 Å². The predicted molar refractivity (Wildman–Crippen MR) is 64.3 cm³/mol. The lowest BCUT2D eigenvalue weighted by atomic mass is 10.0. The van der Waals surface area contributed by atoms with Crippen LogP contribution in [-0.4, -0.2) is 9.97 Å². The zero-order valence-corrected chi connectivity index (χ0v) is 9.65. The van der Waals surface area contributed by atoms with Gasteiger partial charge in [0.25, 0.3) is 0 Å². The molecular formula is C12H12ClN3. The number of hydrogen-bond acceptors (Lipinski definition) is 3. The van der Waals surface area contributed by atoms with Crippen molar-refractivity contribution in [3.05, 3.63) is 58.6 Å². The molecule has 4 heteroatoms. The Bertz CT molecular complexity index is 465. The molecule has 0 aliphatic carbocycles. The van der Waals surface area contributed by atoms with E-state index in [0.29, 0.717) is 5.02 Å². The highest BCUT2D eigenvalue weighted by atomic mass is 35.5. The lowest BCUT2D eigenvalue weighted by Gasteiger charge is -2.12. The third-order valence-corrected chi connectivity index (χ3v) is 2.58. The average Bonchev–Trinajstić information content (AvgIpc) is 2.28. The van der Waals surface area contributed by atoms with Crippen molar-refractivity contribution in [2.75, 3.05) is 0 Å². The van der Waals surface area contributed by atoms with E-state index in [9.17, 15) is 0 Å². The maximum Gasteiger partial charge on any atom is 0.115 e. The van der Waals surface area contributed by atoms with E-state index in [1.807, 2.05) is 25.1 Å². The number of rotatable bonds is 2. The highest BCUT2D eigenvalue weighted by Crippen LogP contribution is 2.22. The van der Waals surface area contributed by atoms with Crippen LogP contribution in [0.1, 0.15) is 22.7 Å². The summed E-state index contributed by atoms with van der Waals surface area (Å²) < 4.78 is 0. The molecule has 2 N–H and O–H groups in total. The van der Waals surface area contributed by atoms with Gasteiger partial charge in [-0.15, -0.1) is 0 Å². The summed E-state index contributed by atoms with van der Waals surface area (Å²) in [5, 5.41) is 0.697. The van der Waals surface area contributed by atoms with Gasteiger partial charge in [0.1, 0.15) is 6.33 Å². The minimum atomic E-state index is -0.237. The molecule has 1 heterocycles. The first-order valence-electron chi connectivity index (χ1n) is 4.94. The predicted octanol–water partition coefficient (Wildman–Crippen LogP) is 2.49. The Labute approximate surface area is 99.3 Å². The Morgan fingerprint density at radius 3 is 2.44 bits per heavy atom. The number of halogens is 1. The number of hydrogen-bond donors (Lipinski definition) is 1. The van der Waals surface area contributed by atoms with Crippen molar-refractivity contribution >= 4 is 11.6 Å². The van der Waals surface area contributed by atoms with Crippen molar-refractivity contribution in [3.8, 4) is 0 Å². The summed E-state index contributed by atoms with van der Waals surface area (Å²) in [6.07, 6.45) is 4.92. The Morgan fingerprint density at radius 1 is 1.12 bits per heavy atom. The Morgan fingerprint density at radius 2 is 1.81 bits per heavy atom. The molecule has 16 heavy (non-hydrogen) atoms. The topological polar surface area (TPSA) is 51.8 Å². The molecule has 0 saturated heterocycles. The summed E-state index contributed by atoms with van der Waals surface area (Å²) in [4.78, 5) is 7.90. The van der Waals surface area contributed by atoms with Gasteiger partial charge in [0, 0.05) is 23.0 Å². The monoisotopic (exact) mass is 233 g/mol. The largest absolute Gasteiger partial charge is 0.320 e. The van der Waals surface area contributed by atoms with Gasteiger partial charge in [-0.3, -0.25) is 0 Å². The van der Waals surface area contributed by atoms with Crippen LogP contribution in [0.4, 0.5) is 0 Å². The van der Waals surface area contributed by atoms with E-state index in [0.717, 1.165) is 16.7 Å². The molecule has 0 aliphatic heterocycles. The van der Waals surface area contributed by atoms with Gasteiger partial charge in [-0.05, 0) is 30.2 Å². The molecule has 3 nitrogen and oxygen atoms in total. The summed E-state index contributed by atoms with van der Waals surface area (Å²) in [7, 11) is 0. The molecule has 1 aromatic heterocycles. The van der Waals surface area contributed by atoms with Crippen LogP contribution < -0.4 is 5.73 Å². The van der Waals surface area contributed by atoms with Crippen molar-refractivity contribution < 1.29 is 0 Å². The van der Waals surface area contributed by atoms with E-state index in [-0.39, 0.29) is 6.04 Å². The first kappa shape index (κ1) is 11.0. The summed E-state index contributed by atoms with van der Waals surface area (Å²) in [6, 6.07) is 5.55. The van der Waals surface area contributed by atoms with Crippen molar-refractivity contribution in [3.63, 3.8) is 0 Å². The zero-order valence-electron chi connectivity index (χ0n) is 8.89. The van der Waals surface area contributed by atoms with Crippen LogP contribution in [0.15, 0.2) is 36.9 Å². The molecule has 0 bridgehead atoms. The van der Waals surface area contributed by atoms with Crippen LogP contribution in [0.25, 0.3) is 0 Å². The minimum Gasteiger partial charge on any atom is -0.320 e. The molecular weight excluding hydrogens is 222 g/mol. The van der Waals surface area contributed by atoms with Crippen molar-refractivity contribution in [2.24, 2.45) is 5.73 Å². The molecule has 2 aromatic rings. The third kappa shape index (κ3) is 2.38. The van der Waals surface area contributed by atoms with Gasteiger partial charge in [0.2, 0.25) is 0 Å². The Kier molecular flexibility index (Phi) is 3.17. The number of nitrogens with two attached hydrogens (primary N) is 1. The summed E-state index contributed by atoms with van der Waals surface area (Å²) >= 11 is 5.99. The number of aromatic nitrogens is 2. The molecule has 0 radical (unpaired) electrons. The molecule has 0 fully saturated rings. The van der Waals surface area contributed by atoms with Crippen LogP contribution in [0.3, 0.4) is 0 Å². The zero-order chi connectivity index (χ0) is 11.5. The molecule has 1 aromatic carbocycles. The SMILES string of the molecule is Cc1cc(Cl)cc(C(N)c2cncnc2)c1. The molecule has 0 saturated carbocycles. The minimum absolute atomic E-state index is 0.237. The molecule has 82 valence electrons. The van der Waals surface area contributed by atoms with E-state index < -0.39 is 0 Å². The molecule has 1 atom stereocenters. The third-order valence-electron chi connectivity index (χ3n) is 2.36. The van der Waals surface area contributed by atoms with E-state index in [4.69, 9.17) is 17.3 Å². The second-order valence-electron chi connectivity index (χ2n) is 3.71. The molecule has 0 aliphatic rings. The van der Waals surface area contributed by atoms with Crippen LogP contribution in [0.5, 0.6) is 0 Å². The fraction of sp³-hybridized carbons (Fsp3) is 0.167. The van der Waals surface area contributed by atoms with Gasteiger partial charge in [0.15, 0.2) is 0 Å². The first-order valence-corrected chi connectivity index (χ1v) is 5.32. The second-order valence-corrected chi connectivity index (χ2v) is 4.15. The number of nitrogens with zero attached hydrogens (tertiary/aromatic N) is 2. The van der Waals surface area contributed by atoms with Crippen LogP contribution in [0.2, 0.25) is 5.02 Å². The summed E-state index contributed by atoms with van der Waals surface area (Å²) in [5.41, 5.74) is 9.06. The quantitative estimate of drug-likeness (QED) is 0.867. The highest BCUT2D eigenvalue weighted by molar-refractivity contribution is 6.30. The van der Waals surface area contributed by atoms with Gasteiger partial charge in [0.05, 0.1) is 6.04 Å². The smallest absolute Gasteiger partial charge is 0.115 e. The Balaban J connectivity index is 2.37. The standard InChI is InChI=1S/C12H12ClN3/c1-8-2-9(4-11(13)3-8)12(14)10-5-15-7-16-6-10/h2-7,12H,14H2,1H3. The molecule has 0 spiro atoms. The summed E-state index contributed by atoms with van der Waals surface area (Å²) in [6.45, 7) is 1.99. The lowest BCUT2D eigenvalue weighted by molar-refractivity contribution is 0.849. The van der Waals surface area contributed by atoms with Crippen molar-refractivity contribution in [1.82, 2.24) is 9.97 Å². The van der Waals surface area contributed by atoms with Crippen LogP contribution >= 0.6 is 11.6 Å². The van der Waals surface area contributed by atoms with Crippen LogP contribution in [0, 0.1) is 6.92 Å². The average molecular weight is 234 g/mol. The van der Waals surface area contributed by atoms with E-state index in [2.05, 4.69) is 9.97 Å². The van der Waals surface area contributed by atoms with E-state index in [1.165, 1.54) is 6.33 Å². The maximum absolute atomic E-state index is 6.12. The van der Waals surface area contributed by atoms with E-state index in [1.54, 1.807) is 12.4 Å². The maximum atomic E-state index is 6.12. The first-order chi connectivity index (χ1) is 7.66. The normalized spacial score (nSPS) is 12.4. The Hall–Kier alpha value is -1.45. The second kappa shape index (κ2) is 4.60. The molecule has 1 unspecified atom stereocenters. The van der Waals surface area contributed by atoms with Gasteiger partial charge < -0.3 is 5.73 Å². The number of benzene rings is 1. The van der Waals surface area contributed by atoms with Gasteiger partial charge in [-0.2, -0.15) is 0 Å². The summed E-state index contributed by atoms with van der Waals surface area (Å²) in [5.74, 6) is 0. The van der Waals surface area contributed by atoms with Gasteiger partial charge in [-0.1, -0.05) is 17.7 Å². The van der Waals surface area contributed by atoms with Gasteiger partial charge in [-0.25, -0.2) is 9.97 Å². The molecule has 2 rings (SSSR count).